The summed E-state index contributed by atoms with van der Waals surface area (Å²) in [6.07, 6.45) is 2.32. The molecule has 1 aromatic rings. The molecule has 2 N–H and O–H groups in total. The summed E-state index contributed by atoms with van der Waals surface area (Å²) in [4.78, 5) is 25.7. The lowest BCUT2D eigenvalue weighted by molar-refractivity contribution is -0.145. The molecule has 2 amide bonds. The minimum absolute atomic E-state index is 0.108. The van der Waals surface area contributed by atoms with Crippen molar-refractivity contribution in [3.8, 4) is 0 Å². The molecule has 0 spiro atoms. The van der Waals surface area contributed by atoms with E-state index in [1.54, 1.807) is 29.2 Å². The zero-order valence-electron chi connectivity index (χ0n) is 12.6. The summed E-state index contributed by atoms with van der Waals surface area (Å²) in [5.41, 5.74) is 0.432. The lowest BCUT2D eigenvalue weighted by Crippen LogP contribution is -2.48. The van der Waals surface area contributed by atoms with E-state index in [1.165, 1.54) is 0 Å². The van der Waals surface area contributed by atoms with Gasteiger partial charge in [0, 0.05) is 30.4 Å². The maximum absolute atomic E-state index is 12.2. The summed E-state index contributed by atoms with van der Waals surface area (Å²) in [5.74, 6) is -1.17. The molecule has 1 heterocycles. The quantitative estimate of drug-likeness (QED) is 0.838. The van der Waals surface area contributed by atoms with Gasteiger partial charge in [0.2, 0.25) is 0 Å². The van der Waals surface area contributed by atoms with Gasteiger partial charge >= 0.3 is 11.8 Å². The molecule has 1 saturated heterocycles. The highest BCUT2D eigenvalue weighted by Gasteiger charge is 2.35. The Kier molecular flexibility index (Phi) is 5.42. The highest BCUT2D eigenvalue weighted by molar-refractivity contribution is 6.39. The Labute approximate surface area is 135 Å². The standard InChI is InChI=1S/C16H21ClN2O3/c1-2-16(11-20)7-9-19(10-8-16)15(22)14(21)18-13-5-3-12(17)4-6-13/h3-6,20H,2,7-11H2,1H3,(H,18,21). The molecule has 0 aliphatic carbocycles. The van der Waals surface area contributed by atoms with Gasteiger partial charge in [-0.05, 0) is 48.9 Å². The monoisotopic (exact) mass is 324 g/mol. The van der Waals surface area contributed by atoms with Crippen LogP contribution in [0.4, 0.5) is 5.69 Å². The van der Waals surface area contributed by atoms with Crippen molar-refractivity contribution >= 4 is 29.1 Å². The summed E-state index contributed by atoms with van der Waals surface area (Å²) < 4.78 is 0. The van der Waals surface area contributed by atoms with E-state index in [0.29, 0.717) is 23.8 Å². The van der Waals surface area contributed by atoms with Crippen molar-refractivity contribution < 1.29 is 14.7 Å². The van der Waals surface area contributed by atoms with Gasteiger partial charge < -0.3 is 15.3 Å². The van der Waals surface area contributed by atoms with E-state index in [9.17, 15) is 14.7 Å². The molecule has 1 aliphatic rings. The van der Waals surface area contributed by atoms with Crippen molar-refractivity contribution in [3.63, 3.8) is 0 Å². The van der Waals surface area contributed by atoms with Gasteiger partial charge in [0.1, 0.15) is 0 Å². The fourth-order valence-corrected chi connectivity index (χ4v) is 2.80. The molecule has 1 aliphatic heterocycles. The molecule has 0 radical (unpaired) electrons. The van der Waals surface area contributed by atoms with Crippen molar-refractivity contribution in [1.82, 2.24) is 4.90 Å². The molecule has 6 heteroatoms. The average molecular weight is 325 g/mol. The van der Waals surface area contributed by atoms with E-state index >= 15 is 0 Å². The summed E-state index contributed by atoms with van der Waals surface area (Å²) >= 11 is 5.78. The van der Waals surface area contributed by atoms with Crippen LogP contribution < -0.4 is 5.32 Å². The number of amides is 2. The molecule has 0 saturated carbocycles. The predicted molar refractivity (Wildman–Crippen MR) is 85.7 cm³/mol. The third-order valence-electron chi connectivity index (χ3n) is 4.49. The minimum atomic E-state index is -0.643. The number of piperidine rings is 1. The van der Waals surface area contributed by atoms with Gasteiger partial charge in [-0.15, -0.1) is 0 Å². The molecule has 1 fully saturated rings. The summed E-state index contributed by atoms with van der Waals surface area (Å²) in [7, 11) is 0. The molecular weight excluding hydrogens is 304 g/mol. The van der Waals surface area contributed by atoms with Crippen LogP contribution in [0.25, 0.3) is 0 Å². The Morgan fingerprint density at radius 2 is 1.86 bits per heavy atom. The molecular formula is C16H21ClN2O3. The molecule has 22 heavy (non-hydrogen) atoms. The summed E-state index contributed by atoms with van der Waals surface area (Å²) in [6.45, 7) is 3.17. The molecule has 0 aromatic heterocycles. The van der Waals surface area contributed by atoms with Crippen molar-refractivity contribution in [3.05, 3.63) is 29.3 Å². The number of nitrogens with zero attached hydrogens (tertiary/aromatic N) is 1. The second kappa shape index (κ2) is 7.11. The van der Waals surface area contributed by atoms with Gasteiger partial charge in [-0.3, -0.25) is 9.59 Å². The summed E-state index contributed by atoms with van der Waals surface area (Å²) in [5, 5.41) is 12.6. The van der Waals surface area contributed by atoms with E-state index in [0.717, 1.165) is 19.3 Å². The normalized spacial score (nSPS) is 17.1. The zero-order valence-corrected chi connectivity index (χ0v) is 13.4. The molecule has 5 nitrogen and oxygen atoms in total. The van der Waals surface area contributed by atoms with Gasteiger partial charge in [0.25, 0.3) is 0 Å². The van der Waals surface area contributed by atoms with Crippen LogP contribution in [0, 0.1) is 5.41 Å². The number of aliphatic hydroxyl groups excluding tert-OH is 1. The number of nitrogens with one attached hydrogen (secondary N) is 1. The van der Waals surface area contributed by atoms with Gasteiger partial charge in [-0.1, -0.05) is 18.5 Å². The van der Waals surface area contributed by atoms with Crippen LogP contribution in [0.2, 0.25) is 5.02 Å². The fourth-order valence-electron chi connectivity index (χ4n) is 2.67. The van der Waals surface area contributed by atoms with Gasteiger partial charge in [0.15, 0.2) is 0 Å². The second-order valence-electron chi connectivity index (χ2n) is 5.76. The number of likely N-dealkylation sites (tertiary alicyclic amines) is 1. The number of hydrogen-bond acceptors (Lipinski definition) is 3. The Morgan fingerprint density at radius 1 is 1.27 bits per heavy atom. The minimum Gasteiger partial charge on any atom is -0.396 e. The number of hydrogen-bond donors (Lipinski definition) is 2. The third kappa shape index (κ3) is 3.78. The third-order valence-corrected chi connectivity index (χ3v) is 4.75. The highest BCUT2D eigenvalue weighted by Crippen LogP contribution is 2.34. The Hall–Kier alpha value is -1.59. The Bertz CT molecular complexity index is 531. The van der Waals surface area contributed by atoms with Crippen LogP contribution in [0.3, 0.4) is 0 Å². The SMILES string of the molecule is CCC1(CO)CCN(C(=O)C(=O)Nc2ccc(Cl)cc2)CC1. The van der Waals surface area contributed by atoms with E-state index in [-0.39, 0.29) is 12.0 Å². The maximum Gasteiger partial charge on any atom is 0.313 e. The average Bonchev–Trinajstić information content (AvgIpc) is 2.56. The van der Waals surface area contributed by atoms with E-state index in [4.69, 9.17) is 11.6 Å². The van der Waals surface area contributed by atoms with Crippen LogP contribution in [0.5, 0.6) is 0 Å². The lowest BCUT2D eigenvalue weighted by Gasteiger charge is -2.39. The number of rotatable bonds is 3. The van der Waals surface area contributed by atoms with Crippen LogP contribution in [0.1, 0.15) is 26.2 Å². The molecule has 120 valence electrons. The molecule has 1 aromatic carbocycles. The molecule has 2 rings (SSSR count). The number of carbonyl (C=O) groups excluding carboxylic acids is 2. The van der Waals surface area contributed by atoms with Crippen LogP contribution in [-0.2, 0) is 9.59 Å². The van der Waals surface area contributed by atoms with E-state index < -0.39 is 11.8 Å². The number of anilines is 1. The van der Waals surface area contributed by atoms with E-state index in [2.05, 4.69) is 5.32 Å². The van der Waals surface area contributed by atoms with Crippen LogP contribution >= 0.6 is 11.6 Å². The number of carbonyl (C=O) groups is 2. The first-order valence-electron chi connectivity index (χ1n) is 7.46. The first-order valence-corrected chi connectivity index (χ1v) is 7.84. The van der Waals surface area contributed by atoms with Crippen LogP contribution in [0.15, 0.2) is 24.3 Å². The van der Waals surface area contributed by atoms with Gasteiger partial charge in [0.05, 0.1) is 0 Å². The first-order chi connectivity index (χ1) is 10.5. The number of halogens is 1. The predicted octanol–water partition coefficient (Wildman–Crippen LogP) is 2.29. The Balaban J connectivity index is 1.92. The van der Waals surface area contributed by atoms with Crippen molar-refractivity contribution in [2.24, 2.45) is 5.41 Å². The molecule has 0 bridgehead atoms. The zero-order chi connectivity index (χ0) is 16.2. The first kappa shape index (κ1) is 16.8. The second-order valence-corrected chi connectivity index (χ2v) is 6.20. The van der Waals surface area contributed by atoms with Crippen LogP contribution in [-0.4, -0.2) is 41.5 Å². The molecule has 0 atom stereocenters. The largest absolute Gasteiger partial charge is 0.396 e. The maximum atomic E-state index is 12.2. The van der Waals surface area contributed by atoms with Gasteiger partial charge in [-0.2, -0.15) is 0 Å². The number of benzene rings is 1. The fraction of sp³-hybridized carbons (Fsp3) is 0.500. The summed E-state index contributed by atoms with van der Waals surface area (Å²) in [6, 6.07) is 6.61. The smallest absolute Gasteiger partial charge is 0.313 e. The lowest BCUT2D eigenvalue weighted by atomic mass is 9.77. The van der Waals surface area contributed by atoms with Crippen molar-refractivity contribution in [1.29, 1.82) is 0 Å². The Morgan fingerprint density at radius 3 is 2.36 bits per heavy atom. The highest BCUT2D eigenvalue weighted by atomic mass is 35.5. The van der Waals surface area contributed by atoms with E-state index in [1.807, 2.05) is 6.92 Å². The molecule has 0 unspecified atom stereocenters. The number of aliphatic hydroxyl groups is 1. The topological polar surface area (TPSA) is 69.6 Å². The van der Waals surface area contributed by atoms with Crippen molar-refractivity contribution in [2.45, 2.75) is 26.2 Å². The van der Waals surface area contributed by atoms with Crippen molar-refractivity contribution in [2.75, 3.05) is 25.0 Å². The van der Waals surface area contributed by atoms with Gasteiger partial charge in [-0.25, -0.2) is 0 Å².